The van der Waals surface area contributed by atoms with E-state index in [0.29, 0.717) is 19.0 Å². The summed E-state index contributed by atoms with van der Waals surface area (Å²) in [5.74, 6) is 0.536. The fourth-order valence-electron chi connectivity index (χ4n) is 2.33. The van der Waals surface area contributed by atoms with E-state index < -0.39 is 0 Å². The van der Waals surface area contributed by atoms with Gasteiger partial charge in [0.2, 0.25) is 5.91 Å². The molecule has 1 heterocycles. The highest BCUT2D eigenvalue weighted by molar-refractivity contribution is 5.85. The van der Waals surface area contributed by atoms with Crippen LogP contribution in [0.4, 0.5) is 0 Å². The molecule has 2 rings (SSSR count). The van der Waals surface area contributed by atoms with Crippen LogP contribution in [0.25, 0.3) is 0 Å². The van der Waals surface area contributed by atoms with E-state index in [9.17, 15) is 4.79 Å². The second-order valence-corrected chi connectivity index (χ2v) is 5.20. The van der Waals surface area contributed by atoms with Crippen LogP contribution in [0, 0.1) is 5.92 Å². The first-order chi connectivity index (χ1) is 8.08. The van der Waals surface area contributed by atoms with Crippen molar-refractivity contribution in [3.63, 3.8) is 0 Å². The van der Waals surface area contributed by atoms with Crippen molar-refractivity contribution in [2.45, 2.75) is 39.4 Å². The van der Waals surface area contributed by atoms with Gasteiger partial charge in [-0.05, 0) is 23.5 Å². The number of halogens is 1. The van der Waals surface area contributed by atoms with E-state index in [0.717, 1.165) is 6.42 Å². The topological polar surface area (TPSA) is 46.3 Å². The third-order valence-corrected chi connectivity index (χ3v) is 3.20. The number of hydrogen-bond donors (Lipinski definition) is 1. The summed E-state index contributed by atoms with van der Waals surface area (Å²) >= 11 is 0. The smallest absolute Gasteiger partial charge is 0.240 e. The largest absolute Gasteiger partial charge is 0.333 e. The van der Waals surface area contributed by atoms with Crippen LogP contribution in [0.5, 0.6) is 0 Å². The fraction of sp³-hybridized carbons (Fsp3) is 0.500. The van der Waals surface area contributed by atoms with Crippen molar-refractivity contribution in [3.05, 3.63) is 35.4 Å². The molecular weight excluding hydrogens is 248 g/mol. The maximum absolute atomic E-state index is 12.2. The summed E-state index contributed by atoms with van der Waals surface area (Å²) < 4.78 is 0. The third-order valence-electron chi connectivity index (χ3n) is 3.20. The van der Waals surface area contributed by atoms with Crippen LogP contribution in [0.2, 0.25) is 0 Å². The predicted molar refractivity (Wildman–Crippen MR) is 75.4 cm³/mol. The van der Waals surface area contributed by atoms with Crippen LogP contribution in [-0.4, -0.2) is 16.8 Å². The zero-order chi connectivity index (χ0) is 12.4. The zero-order valence-electron chi connectivity index (χ0n) is 10.9. The molecule has 3 nitrogen and oxygen atoms in total. The maximum Gasteiger partial charge on any atom is 0.240 e. The summed E-state index contributed by atoms with van der Waals surface area (Å²) in [5.41, 5.74) is 8.44. The van der Waals surface area contributed by atoms with Crippen LogP contribution in [0.3, 0.4) is 0 Å². The minimum atomic E-state index is -0.357. The Morgan fingerprint density at radius 2 is 1.78 bits per heavy atom. The number of amides is 1. The van der Waals surface area contributed by atoms with Gasteiger partial charge < -0.3 is 10.6 Å². The Hall–Kier alpha value is -1.06. The molecule has 0 unspecified atom stereocenters. The minimum Gasteiger partial charge on any atom is -0.333 e. The Labute approximate surface area is 115 Å². The molecule has 0 aromatic heterocycles. The lowest BCUT2D eigenvalue weighted by Gasteiger charge is -2.21. The molecule has 4 heteroatoms. The molecule has 0 saturated carbocycles. The van der Waals surface area contributed by atoms with Gasteiger partial charge in [-0.1, -0.05) is 38.1 Å². The maximum atomic E-state index is 12.2. The standard InChI is InChI=1S/C14H20N2O.ClH/c1-10(2)7-13(15)14(17)16-8-11-5-3-4-6-12(11)9-16;/h3-6,10,13H,7-9,15H2,1-2H3;1H/t13-;/m0./s1. The van der Waals surface area contributed by atoms with Gasteiger partial charge in [-0.3, -0.25) is 4.79 Å². The molecule has 1 atom stereocenters. The van der Waals surface area contributed by atoms with Gasteiger partial charge >= 0.3 is 0 Å². The third kappa shape index (κ3) is 3.24. The second-order valence-electron chi connectivity index (χ2n) is 5.20. The van der Waals surface area contributed by atoms with Crippen molar-refractivity contribution >= 4 is 18.3 Å². The molecule has 0 spiro atoms. The van der Waals surface area contributed by atoms with E-state index in [4.69, 9.17) is 5.73 Å². The Kier molecular flexibility index (Phi) is 5.17. The van der Waals surface area contributed by atoms with E-state index in [1.165, 1.54) is 11.1 Å². The summed E-state index contributed by atoms with van der Waals surface area (Å²) in [4.78, 5) is 14.0. The number of nitrogens with two attached hydrogens (primary N) is 1. The molecule has 0 bridgehead atoms. The molecule has 1 aliphatic heterocycles. The molecule has 18 heavy (non-hydrogen) atoms. The number of carbonyl (C=O) groups is 1. The lowest BCUT2D eigenvalue weighted by molar-refractivity contribution is -0.133. The molecule has 1 aromatic rings. The molecule has 1 aliphatic rings. The molecule has 100 valence electrons. The van der Waals surface area contributed by atoms with E-state index in [2.05, 4.69) is 26.0 Å². The van der Waals surface area contributed by atoms with Crippen molar-refractivity contribution < 1.29 is 4.79 Å². The summed E-state index contributed by atoms with van der Waals surface area (Å²) in [6.45, 7) is 5.60. The number of rotatable bonds is 3. The molecule has 1 amide bonds. The van der Waals surface area contributed by atoms with Crippen molar-refractivity contribution in [2.24, 2.45) is 11.7 Å². The zero-order valence-corrected chi connectivity index (χ0v) is 11.7. The average Bonchev–Trinajstić information content (AvgIpc) is 2.70. The van der Waals surface area contributed by atoms with Crippen molar-refractivity contribution in [3.8, 4) is 0 Å². The van der Waals surface area contributed by atoms with Gasteiger partial charge in [-0.15, -0.1) is 12.4 Å². The first-order valence-electron chi connectivity index (χ1n) is 6.19. The van der Waals surface area contributed by atoms with Gasteiger partial charge in [-0.25, -0.2) is 0 Å². The Balaban J connectivity index is 0.00000162. The first kappa shape index (κ1) is 15.0. The molecule has 0 aliphatic carbocycles. The van der Waals surface area contributed by atoms with Gasteiger partial charge in [0.25, 0.3) is 0 Å². The molecule has 1 aromatic carbocycles. The van der Waals surface area contributed by atoms with Gasteiger partial charge in [0.05, 0.1) is 6.04 Å². The van der Waals surface area contributed by atoms with Crippen LogP contribution in [0.1, 0.15) is 31.4 Å². The average molecular weight is 269 g/mol. The number of fused-ring (bicyclic) bond motifs is 1. The molecular formula is C14H21ClN2O. The van der Waals surface area contributed by atoms with Crippen molar-refractivity contribution in [1.29, 1.82) is 0 Å². The fourth-order valence-corrected chi connectivity index (χ4v) is 2.33. The Morgan fingerprint density at radius 1 is 1.28 bits per heavy atom. The van der Waals surface area contributed by atoms with E-state index >= 15 is 0 Å². The number of hydrogen-bond acceptors (Lipinski definition) is 2. The Morgan fingerprint density at radius 3 is 2.22 bits per heavy atom. The van der Waals surface area contributed by atoms with E-state index in [1.54, 1.807) is 0 Å². The van der Waals surface area contributed by atoms with Crippen LogP contribution in [-0.2, 0) is 17.9 Å². The van der Waals surface area contributed by atoms with Crippen molar-refractivity contribution in [2.75, 3.05) is 0 Å². The highest BCUT2D eigenvalue weighted by Crippen LogP contribution is 2.23. The van der Waals surface area contributed by atoms with Crippen LogP contribution >= 0.6 is 12.4 Å². The van der Waals surface area contributed by atoms with Gasteiger partial charge in [0, 0.05) is 13.1 Å². The molecule has 0 saturated heterocycles. The highest BCUT2D eigenvalue weighted by Gasteiger charge is 2.26. The molecule has 2 N–H and O–H groups in total. The number of carbonyl (C=O) groups excluding carboxylic acids is 1. The van der Waals surface area contributed by atoms with Crippen molar-refractivity contribution in [1.82, 2.24) is 4.90 Å². The minimum absolute atomic E-state index is 0. The van der Waals surface area contributed by atoms with Crippen LogP contribution in [0.15, 0.2) is 24.3 Å². The molecule has 0 radical (unpaired) electrons. The summed E-state index contributed by atoms with van der Waals surface area (Å²) in [7, 11) is 0. The number of nitrogens with zero attached hydrogens (tertiary/aromatic N) is 1. The predicted octanol–water partition coefficient (Wildman–Crippen LogP) is 2.32. The quantitative estimate of drug-likeness (QED) is 0.915. The lowest BCUT2D eigenvalue weighted by atomic mass is 10.0. The second kappa shape index (κ2) is 6.21. The summed E-state index contributed by atoms with van der Waals surface area (Å²) in [6.07, 6.45) is 0.756. The SMILES string of the molecule is CC(C)C[C@H](N)C(=O)N1Cc2ccccc2C1.Cl. The summed E-state index contributed by atoms with van der Waals surface area (Å²) in [5, 5.41) is 0. The number of benzene rings is 1. The first-order valence-corrected chi connectivity index (χ1v) is 6.19. The molecule has 0 fully saturated rings. The highest BCUT2D eigenvalue weighted by atomic mass is 35.5. The van der Waals surface area contributed by atoms with E-state index in [1.807, 2.05) is 17.0 Å². The van der Waals surface area contributed by atoms with Crippen LogP contribution < -0.4 is 5.73 Å². The monoisotopic (exact) mass is 268 g/mol. The normalized spacial score (nSPS) is 15.2. The Bertz CT molecular complexity index is 395. The van der Waals surface area contributed by atoms with Gasteiger partial charge in [0.15, 0.2) is 0 Å². The van der Waals surface area contributed by atoms with Gasteiger partial charge in [0.1, 0.15) is 0 Å². The summed E-state index contributed by atoms with van der Waals surface area (Å²) in [6, 6.07) is 7.83. The lowest BCUT2D eigenvalue weighted by Crippen LogP contribution is -2.41. The van der Waals surface area contributed by atoms with Gasteiger partial charge in [-0.2, -0.15) is 0 Å². The van der Waals surface area contributed by atoms with E-state index in [-0.39, 0.29) is 24.4 Å².